The summed E-state index contributed by atoms with van der Waals surface area (Å²) in [6.07, 6.45) is -1.94. The van der Waals surface area contributed by atoms with Gasteiger partial charge in [-0.15, -0.1) is 0 Å². The van der Waals surface area contributed by atoms with Crippen molar-refractivity contribution < 1.29 is 27.8 Å². The Hall–Kier alpha value is -1.02. The van der Waals surface area contributed by atoms with E-state index in [1.807, 2.05) is 0 Å². The van der Waals surface area contributed by atoms with Crippen molar-refractivity contribution in [3.63, 3.8) is 0 Å². The van der Waals surface area contributed by atoms with Crippen LogP contribution in [0, 0.1) is 0 Å². The van der Waals surface area contributed by atoms with Gasteiger partial charge in [0.2, 0.25) is 0 Å². The normalized spacial score (nSPS) is 29.2. The second-order valence-electron chi connectivity index (χ2n) is 6.13. The number of carbonyl (C=O) groups is 1. The number of halogens is 3. The van der Waals surface area contributed by atoms with Crippen molar-refractivity contribution in [2.75, 3.05) is 20.2 Å². The highest BCUT2D eigenvalue weighted by Gasteiger charge is 2.55. The van der Waals surface area contributed by atoms with Gasteiger partial charge in [0.1, 0.15) is 0 Å². The molecule has 2 aliphatic rings. The van der Waals surface area contributed by atoms with Gasteiger partial charge in [0.05, 0.1) is 12.1 Å². The average Bonchev–Trinajstić information content (AvgIpc) is 2.47. The monoisotopic (exact) mass is 324 g/mol. The van der Waals surface area contributed by atoms with Crippen LogP contribution in [0.5, 0.6) is 0 Å². The molecular formula is C14H23F3N2O3. The maximum Gasteiger partial charge on any atom is 0.417 e. The van der Waals surface area contributed by atoms with E-state index in [1.54, 1.807) is 7.11 Å². The third kappa shape index (κ3) is 3.65. The van der Waals surface area contributed by atoms with E-state index in [4.69, 9.17) is 4.74 Å². The Morgan fingerprint density at radius 1 is 1.27 bits per heavy atom. The average molecular weight is 324 g/mol. The molecule has 8 heteroatoms. The molecule has 2 amide bonds. The van der Waals surface area contributed by atoms with Crippen molar-refractivity contribution >= 4 is 6.03 Å². The third-order valence-electron chi connectivity index (χ3n) is 4.72. The predicted molar refractivity (Wildman–Crippen MR) is 73.4 cm³/mol. The van der Waals surface area contributed by atoms with Crippen LogP contribution >= 0.6 is 0 Å². The van der Waals surface area contributed by atoms with Gasteiger partial charge in [-0.25, -0.2) is 4.79 Å². The van der Waals surface area contributed by atoms with Crippen molar-refractivity contribution in [3.8, 4) is 0 Å². The Labute approximate surface area is 127 Å². The number of likely N-dealkylation sites (tertiary alicyclic amines) is 1. The smallest absolute Gasteiger partial charge is 0.380 e. The Morgan fingerprint density at radius 2 is 1.86 bits per heavy atom. The van der Waals surface area contributed by atoms with Gasteiger partial charge < -0.3 is 20.1 Å². The Kier molecular flexibility index (Phi) is 5.21. The topological polar surface area (TPSA) is 61.8 Å². The number of piperidine rings is 1. The number of methoxy groups -OCH3 is 1. The van der Waals surface area contributed by atoms with Crippen LogP contribution in [0.2, 0.25) is 0 Å². The number of nitrogens with one attached hydrogen (secondary N) is 1. The molecule has 0 radical (unpaired) electrons. The Balaban J connectivity index is 1.87. The molecule has 128 valence electrons. The molecule has 1 saturated carbocycles. The lowest BCUT2D eigenvalue weighted by Crippen LogP contribution is -2.57. The zero-order valence-electron chi connectivity index (χ0n) is 12.7. The first-order valence-electron chi connectivity index (χ1n) is 7.64. The quantitative estimate of drug-likeness (QED) is 0.817. The number of alkyl halides is 3. The lowest BCUT2D eigenvalue weighted by atomic mass is 9.90. The van der Waals surface area contributed by atoms with E-state index in [9.17, 15) is 23.1 Å². The second-order valence-corrected chi connectivity index (χ2v) is 6.13. The molecule has 0 aromatic carbocycles. The van der Waals surface area contributed by atoms with Crippen molar-refractivity contribution in [1.82, 2.24) is 10.2 Å². The predicted octanol–water partition coefficient (Wildman–Crippen LogP) is 2.04. The fourth-order valence-corrected chi connectivity index (χ4v) is 3.16. The molecule has 22 heavy (non-hydrogen) atoms. The second kappa shape index (κ2) is 6.62. The van der Waals surface area contributed by atoms with Crippen LogP contribution in [0.25, 0.3) is 0 Å². The molecule has 0 spiro atoms. The van der Waals surface area contributed by atoms with Gasteiger partial charge in [-0.1, -0.05) is 12.8 Å². The maximum absolute atomic E-state index is 12.7. The SMILES string of the molecule is CO[C@H]1CCCC[C@H]1NC(=O)N1CCC(O)(C(F)(F)F)CC1. The molecule has 0 bridgehead atoms. The van der Waals surface area contributed by atoms with E-state index in [2.05, 4.69) is 5.32 Å². The molecule has 0 aromatic heterocycles. The van der Waals surface area contributed by atoms with Crippen LogP contribution in [0.1, 0.15) is 38.5 Å². The summed E-state index contributed by atoms with van der Waals surface area (Å²) < 4.78 is 43.6. The third-order valence-corrected chi connectivity index (χ3v) is 4.72. The van der Waals surface area contributed by atoms with Gasteiger partial charge in [-0.05, 0) is 12.8 Å². The van der Waals surface area contributed by atoms with Crippen molar-refractivity contribution in [1.29, 1.82) is 0 Å². The van der Waals surface area contributed by atoms with Crippen LogP contribution in [0.3, 0.4) is 0 Å². The summed E-state index contributed by atoms with van der Waals surface area (Å²) in [5.41, 5.74) is -2.68. The molecule has 5 nitrogen and oxygen atoms in total. The standard InChI is InChI=1S/C14H23F3N2O3/c1-22-11-5-3-2-4-10(11)18-12(20)19-8-6-13(21,7-9-19)14(15,16)17/h10-11,21H,2-9H2,1H3,(H,18,20)/t10-,11+/m1/s1. The summed E-state index contributed by atoms with van der Waals surface area (Å²) in [4.78, 5) is 13.5. The molecule has 2 atom stereocenters. The number of aliphatic hydroxyl groups is 1. The van der Waals surface area contributed by atoms with E-state index in [0.29, 0.717) is 0 Å². The number of nitrogens with zero attached hydrogens (tertiary/aromatic N) is 1. The van der Waals surface area contributed by atoms with Crippen molar-refractivity contribution in [2.45, 2.75) is 62.4 Å². The van der Waals surface area contributed by atoms with E-state index >= 15 is 0 Å². The fourth-order valence-electron chi connectivity index (χ4n) is 3.16. The number of carbonyl (C=O) groups excluding carboxylic acids is 1. The maximum atomic E-state index is 12.7. The number of ether oxygens (including phenoxy) is 1. The van der Waals surface area contributed by atoms with E-state index in [0.717, 1.165) is 25.7 Å². The number of amides is 2. The fraction of sp³-hybridized carbons (Fsp3) is 0.929. The Morgan fingerprint density at radius 3 is 2.41 bits per heavy atom. The van der Waals surface area contributed by atoms with Crippen LogP contribution in [0.4, 0.5) is 18.0 Å². The highest BCUT2D eigenvalue weighted by atomic mass is 19.4. The van der Waals surface area contributed by atoms with Crippen LogP contribution < -0.4 is 5.32 Å². The highest BCUT2D eigenvalue weighted by Crippen LogP contribution is 2.38. The summed E-state index contributed by atoms with van der Waals surface area (Å²) >= 11 is 0. The highest BCUT2D eigenvalue weighted by molar-refractivity contribution is 5.74. The minimum atomic E-state index is -4.65. The summed E-state index contributed by atoms with van der Waals surface area (Å²) in [6.45, 7) is -0.210. The zero-order valence-corrected chi connectivity index (χ0v) is 12.7. The van der Waals surface area contributed by atoms with Gasteiger partial charge in [-0.2, -0.15) is 13.2 Å². The van der Waals surface area contributed by atoms with Crippen LogP contribution in [-0.2, 0) is 4.74 Å². The summed E-state index contributed by atoms with van der Waals surface area (Å²) in [6, 6.07) is -0.479. The lowest BCUT2D eigenvalue weighted by Gasteiger charge is -2.40. The Bertz CT molecular complexity index is 395. The number of hydrogen-bond donors (Lipinski definition) is 2. The largest absolute Gasteiger partial charge is 0.417 e. The van der Waals surface area contributed by atoms with Crippen LogP contribution in [-0.4, -0.2) is 60.2 Å². The molecule has 2 N–H and O–H groups in total. The molecule has 1 heterocycles. The molecule has 2 fully saturated rings. The molecule has 0 unspecified atom stereocenters. The summed E-state index contributed by atoms with van der Waals surface area (Å²) in [7, 11) is 1.60. The zero-order chi connectivity index (χ0) is 16.4. The van der Waals surface area contributed by atoms with Crippen molar-refractivity contribution in [2.24, 2.45) is 0 Å². The first kappa shape index (κ1) is 17.3. The number of urea groups is 1. The minimum absolute atomic E-state index is 0.0467. The molecule has 0 aromatic rings. The van der Waals surface area contributed by atoms with Gasteiger partial charge in [0, 0.05) is 33.0 Å². The molecule has 1 aliphatic carbocycles. The molecule has 2 rings (SSSR count). The number of rotatable bonds is 2. The van der Waals surface area contributed by atoms with Gasteiger partial charge in [0.25, 0.3) is 0 Å². The number of hydrogen-bond acceptors (Lipinski definition) is 3. The van der Waals surface area contributed by atoms with Gasteiger partial charge >= 0.3 is 12.2 Å². The molecule has 1 aliphatic heterocycles. The summed E-state index contributed by atoms with van der Waals surface area (Å²) in [5.74, 6) is 0. The molecule has 1 saturated heterocycles. The molecular weight excluding hydrogens is 301 g/mol. The summed E-state index contributed by atoms with van der Waals surface area (Å²) in [5, 5.41) is 12.5. The van der Waals surface area contributed by atoms with E-state index in [-0.39, 0.29) is 31.3 Å². The van der Waals surface area contributed by atoms with Crippen LogP contribution in [0.15, 0.2) is 0 Å². The first-order chi connectivity index (χ1) is 10.3. The van der Waals surface area contributed by atoms with Gasteiger partial charge in [-0.3, -0.25) is 0 Å². The van der Waals surface area contributed by atoms with E-state index < -0.39 is 24.6 Å². The first-order valence-corrected chi connectivity index (χ1v) is 7.64. The van der Waals surface area contributed by atoms with Gasteiger partial charge in [0.15, 0.2) is 5.60 Å². The lowest BCUT2D eigenvalue weighted by molar-refractivity contribution is -0.271. The minimum Gasteiger partial charge on any atom is -0.380 e. The van der Waals surface area contributed by atoms with E-state index in [1.165, 1.54) is 4.90 Å². The van der Waals surface area contributed by atoms with Crippen molar-refractivity contribution in [3.05, 3.63) is 0 Å².